The summed E-state index contributed by atoms with van der Waals surface area (Å²) in [5.41, 5.74) is 4.57. The summed E-state index contributed by atoms with van der Waals surface area (Å²) in [6, 6.07) is 19.7. The molecule has 0 aliphatic carbocycles. The predicted molar refractivity (Wildman–Crippen MR) is 105 cm³/mol. The van der Waals surface area contributed by atoms with E-state index in [9.17, 15) is 0 Å². The van der Waals surface area contributed by atoms with Crippen molar-refractivity contribution < 1.29 is 0 Å². The lowest BCUT2D eigenvalue weighted by Crippen LogP contribution is -2.09. The molecule has 4 aromatic rings. The van der Waals surface area contributed by atoms with Crippen LogP contribution in [0.4, 0.5) is 0 Å². The molecule has 1 aliphatic heterocycles. The van der Waals surface area contributed by atoms with E-state index in [1.54, 1.807) is 6.20 Å². The second kappa shape index (κ2) is 6.45. The molecule has 0 spiro atoms. The van der Waals surface area contributed by atoms with Crippen LogP contribution < -0.4 is 0 Å². The van der Waals surface area contributed by atoms with E-state index in [4.69, 9.17) is 16.6 Å². The highest BCUT2D eigenvalue weighted by Crippen LogP contribution is 2.30. The third-order valence-electron chi connectivity index (χ3n) is 4.57. The van der Waals surface area contributed by atoms with Crippen molar-refractivity contribution >= 4 is 17.3 Å². The van der Waals surface area contributed by atoms with Gasteiger partial charge in [0.25, 0.3) is 0 Å². The lowest BCUT2D eigenvalue weighted by atomic mass is 10.0. The second-order valence-electron chi connectivity index (χ2n) is 6.18. The van der Waals surface area contributed by atoms with Gasteiger partial charge in [0.1, 0.15) is 6.54 Å². The summed E-state index contributed by atoms with van der Waals surface area (Å²) in [6.07, 6.45) is 3.59. The van der Waals surface area contributed by atoms with Crippen LogP contribution in [0, 0.1) is 0 Å². The van der Waals surface area contributed by atoms with Crippen LogP contribution in [0.3, 0.4) is 0 Å². The number of nitrogens with zero attached hydrogens (tertiary/aromatic N) is 5. The first-order valence-electron chi connectivity index (χ1n) is 8.57. The van der Waals surface area contributed by atoms with Crippen molar-refractivity contribution in [3.63, 3.8) is 0 Å². The van der Waals surface area contributed by atoms with Gasteiger partial charge in [-0.2, -0.15) is 0 Å². The van der Waals surface area contributed by atoms with Gasteiger partial charge in [-0.25, -0.2) is 0 Å². The quantitative estimate of drug-likeness (QED) is 0.527. The Bertz CT molecular complexity index is 1160. The molecule has 0 amide bonds. The van der Waals surface area contributed by atoms with E-state index in [0.717, 1.165) is 39.7 Å². The summed E-state index contributed by atoms with van der Waals surface area (Å²) in [7, 11) is 0. The van der Waals surface area contributed by atoms with Gasteiger partial charge >= 0.3 is 0 Å². The molecular formula is C21H14ClN5. The van der Waals surface area contributed by atoms with Crippen LogP contribution in [-0.4, -0.2) is 25.5 Å². The summed E-state index contributed by atoms with van der Waals surface area (Å²) in [5, 5.41) is 9.47. The zero-order valence-corrected chi connectivity index (χ0v) is 15.0. The maximum atomic E-state index is 6.46. The Labute approximate surface area is 161 Å². The van der Waals surface area contributed by atoms with Crippen LogP contribution in [0.25, 0.3) is 17.1 Å². The van der Waals surface area contributed by atoms with Gasteiger partial charge in [-0.1, -0.05) is 60.1 Å². The van der Waals surface area contributed by atoms with E-state index >= 15 is 0 Å². The van der Waals surface area contributed by atoms with Crippen molar-refractivity contribution in [1.82, 2.24) is 19.7 Å². The molecule has 0 saturated heterocycles. The van der Waals surface area contributed by atoms with Crippen LogP contribution in [0.15, 0.2) is 78.0 Å². The third kappa shape index (κ3) is 2.64. The fraction of sp³-hybridized carbons (Fsp3) is 0.0476. The Balaban J connectivity index is 1.76. The Hall–Kier alpha value is -3.31. The van der Waals surface area contributed by atoms with Gasteiger partial charge in [0, 0.05) is 27.9 Å². The monoisotopic (exact) mass is 371 g/mol. The lowest BCUT2D eigenvalue weighted by molar-refractivity contribution is 0.869. The SMILES string of the molecule is Clc1ccccc1C1=NCc2nnc(-c3ccccc3)n2-c2cnccc21. The standard InChI is InChI=1S/C21H14ClN5/c22-17-9-5-4-8-15(17)20-16-10-11-23-12-18(16)27-19(13-24-20)25-26-21(27)14-6-2-1-3-7-14/h1-12H,13H2. The number of halogens is 1. The van der Waals surface area contributed by atoms with Crippen molar-refractivity contribution in [2.75, 3.05) is 0 Å². The largest absolute Gasteiger partial charge is 0.276 e. The molecular weight excluding hydrogens is 358 g/mol. The van der Waals surface area contributed by atoms with Gasteiger partial charge < -0.3 is 0 Å². The molecule has 5 rings (SSSR count). The molecule has 0 unspecified atom stereocenters. The van der Waals surface area contributed by atoms with Crippen molar-refractivity contribution in [2.24, 2.45) is 4.99 Å². The van der Waals surface area contributed by atoms with E-state index in [2.05, 4.69) is 15.2 Å². The fourth-order valence-corrected chi connectivity index (χ4v) is 3.55. The molecule has 130 valence electrons. The zero-order chi connectivity index (χ0) is 18.2. The van der Waals surface area contributed by atoms with Crippen LogP contribution >= 0.6 is 11.6 Å². The minimum Gasteiger partial charge on any atom is -0.276 e. The van der Waals surface area contributed by atoms with Gasteiger partial charge in [0.2, 0.25) is 0 Å². The molecule has 0 radical (unpaired) electrons. The summed E-state index contributed by atoms with van der Waals surface area (Å²) >= 11 is 6.46. The number of aromatic nitrogens is 4. The average molecular weight is 372 g/mol. The number of hydrogen-bond donors (Lipinski definition) is 0. The van der Waals surface area contributed by atoms with E-state index in [1.165, 1.54) is 0 Å². The predicted octanol–water partition coefficient (Wildman–Crippen LogP) is 4.33. The topological polar surface area (TPSA) is 56.0 Å². The van der Waals surface area contributed by atoms with Crippen LogP contribution in [0.1, 0.15) is 17.0 Å². The number of aliphatic imine (C=N–C) groups is 1. The van der Waals surface area contributed by atoms with Crippen molar-refractivity contribution in [2.45, 2.75) is 6.54 Å². The minimum absolute atomic E-state index is 0.412. The molecule has 0 atom stereocenters. The second-order valence-corrected chi connectivity index (χ2v) is 6.59. The van der Waals surface area contributed by atoms with Gasteiger partial charge in [-0.3, -0.25) is 14.5 Å². The highest BCUT2D eigenvalue weighted by Gasteiger charge is 2.24. The normalized spacial score (nSPS) is 12.7. The average Bonchev–Trinajstić information content (AvgIpc) is 3.07. The molecule has 5 nitrogen and oxygen atoms in total. The fourth-order valence-electron chi connectivity index (χ4n) is 3.33. The number of fused-ring (bicyclic) bond motifs is 3. The molecule has 3 heterocycles. The summed E-state index contributed by atoms with van der Waals surface area (Å²) in [5.74, 6) is 1.54. The minimum atomic E-state index is 0.412. The highest BCUT2D eigenvalue weighted by molar-refractivity contribution is 6.35. The molecule has 27 heavy (non-hydrogen) atoms. The molecule has 0 bridgehead atoms. The molecule has 6 heteroatoms. The maximum Gasteiger partial charge on any atom is 0.168 e. The zero-order valence-electron chi connectivity index (χ0n) is 14.2. The third-order valence-corrected chi connectivity index (χ3v) is 4.90. The molecule has 0 N–H and O–H groups in total. The van der Waals surface area contributed by atoms with E-state index in [1.807, 2.05) is 71.4 Å². The Morgan fingerprint density at radius 1 is 0.852 bits per heavy atom. The van der Waals surface area contributed by atoms with Gasteiger partial charge in [-0.05, 0) is 12.1 Å². The first-order valence-corrected chi connectivity index (χ1v) is 8.94. The van der Waals surface area contributed by atoms with Crippen LogP contribution in [0.2, 0.25) is 5.02 Å². The van der Waals surface area contributed by atoms with E-state index < -0.39 is 0 Å². The first kappa shape index (κ1) is 15.9. The van der Waals surface area contributed by atoms with Gasteiger partial charge in [0.05, 0.1) is 17.6 Å². The van der Waals surface area contributed by atoms with Crippen molar-refractivity contribution in [3.8, 4) is 17.1 Å². The number of hydrogen-bond acceptors (Lipinski definition) is 4. The number of benzene rings is 2. The lowest BCUT2D eigenvalue weighted by Gasteiger charge is -2.13. The number of pyridine rings is 1. The molecule has 0 saturated carbocycles. The molecule has 2 aromatic heterocycles. The van der Waals surface area contributed by atoms with Crippen molar-refractivity contribution in [1.29, 1.82) is 0 Å². The Kier molecular flexibility index (Phi) is 3.80. The smallest absolute Gasteiger partial charge is 0.168 e. The van der Waals surface area contributed by atoms with E-state index in [0.29, 0.717) is 11.6 Å². The Morgan fingerprint density at radius 3 is 2.52 bits per heavy atom. The summed E-state index contributed by atoms with van der Waals surface area (Å²) in [6.45, 7) is 0.412. The van der Waals surface area contributed by atoms with E-state index in [-0.39, 0.29) is 0 Å². The van der Waals surface area contributed by atoms with Crippen molar-refractivity contribution in [3.05, 3.63) is 95.0 Å². The number of rotatable bonds is 2. The Morgan fingerprint density at radius 2 is 1.67 bits per heavy atom. The first-order chi connectivity index (χ1) is 13.3. The molecule has 0 fully saturated rings. The maximum absolute atomic E-state index is 6.46. The summed E-state index contributed by atoms with van der Waals surface area (Å²) in [4.78, 5) is 9.16. The molecule has 2 aromatic carbocycles. The van der Waals surface area contributed by atoms with Crippen LogP contribution in [0.5, 0.6) is 0 Å². The highest BCUT2D eigenvalue weighted by atomic mass is 35.5. The summed E-state index contributed by atoms with van der Waals surface area (Å²) < 4.78 is 2.03. The molecule has 1 aliphatic rings. The van der Waals surface area contributed by atoms with Gasteiger partial charge in [-0.15, -0.1) is 10.2 Å². The van der Waals surface area contributed by atoms with Gasteiger partial charge in [0.15, 0.2) is 11.6 Å². The van der Waals surface area contributed by atoms with Crippen LogP contribution in [-0.2, 0) is 6.54 Å².